The number of aryl methyl sites for hydroxylation is 1. The van der Waals surface area contributed by atoms with Crippen LogP contribution in [0.2, 0.25) is 0 Å². The molecule has 0 saturated heterocycles. The minimum absolute atomic E-state index is 0.111. The molecule has 1 aromatic carbocycles. The number of ether oxygens (including phenoxy) is 3. The second-order valence-corrected chi connectivity index (χ2v) is 9.35. The van der Waals surface area contributed by atoms with Gasteiger partial charge in [-0.25, -0.2) is 0 Å². The van der Waals surface area contributed by atoms with Crippen LogP contribution in [0.15, 0.2) is 41.6 Å². The smallest absolute Gasteiger partial charge is 0.320 e. The number of carbonyl (C=O) groups is 1. The van der Waals surface area contributed by atoms with E-state index >= 15 is 0 Å². The molecule has 182 valence electrons. The summed E-state index contributed by atoms with van der Waals surface area (Å²) in [6, 6.07) is 5.48. The number of esters is 1. The third-order valence-electron chi connectivity index (χ3n) is 5.72. The summed E-state index contributed by atoms with van der Waals surface area (Å²) in [7, 11) is 6.78. The van der Waals surface area contributed by atoms with Crippen LogP contribution in [-0.2, 0) is 16.6 Å². The van der Waals surface area contributed by atoms with E-state index < -0.39 is 5.60 Å². The Balaban J connectivity index is 2.07. The number of hydrogen-bond acceptors (Lipinski definition) is 7. The molecule has 34 heavy (non-hydrogen) atoms. The predicted octanol–water partition coefficient (Wildman–Crippen LogP) is 3.95. The Morgan fingerprint density at radius 3 is 2.32 bits per heavy atom. The van der Waals surface area contributed by atoms with E-state index in [4.69, 9.17) is 14.2 Å². The summed E-state index contributed by atoms with van der Waals surface area (Å²) >= 11 is 0. The van der Waals surface area contributed by atoms with Gasteiger partial charge >= 0.3 is 5.97 Å². The van der Waals surface area contributed by atoms with E-state index in [1.165, 1.54) is 0 Å². The maximum atomic E-state index is 12.6. The third kappa shape index (κ3) is 5.22. The van der Waals surface area contributed by atoms with Crippen molar-refractivity contribution in [2.45, 2.75) is 39.3 Å². The minimum Gasteiger partial charge on any atom is -0.496 e. The third-order valence-corrected chi connectivity index (χ3v) is 5.72. The van der Waals surface area contributed by atoms with Crippen molar-refractivity contribution >= 4 is 16.7 Å². The zero-order chi connectivity index (χ0) is 25.2. The first kappa shape index (κ1) is 25.2. The number of fused-ring (bicyclic) bond motifs is 1. The first-order chi connectivity index (χ1) is 16.0. The van der Waals surface area contributed by atoms with Gasteiger partial charge in [-0.2, -0.15) is 0 Å². The number of aromatic nitrogens is 2. The number of hydrogen-bond donors (Lipinski definition) is 0. The molecule has 0 spiro atoms. The van der Waals surface area contributed by atoms with Gasteiger partial charge in [-0.05, 0) is 63.9 Å². The zero-order valence-corrected chi connectivity index (χ0v) is 21.1. The lowest BCUT2D eigenvalue weighted by Crippen LogP contribution is -2.34. The number of rotatable bonds is 7. The van der Waals surface area contributed by atoms with Gasteiger partial charge in [0.05, 0.1) is 31.7 Å². The van der Waals surface area contributed by atoms with Gasteiger partial charge in [-0.15, -0.1) is 0 Å². The Morgan fingerprint density at radius 2 is 1.76 bits per heavy atom. The van der Waals surface area contributed by atoms with E-state index in [1.807, 2.05) is 57.8 Å². The molecule has 8 heteroatoms. The van der Waals surface area contributed by atoms with E-state index in [0.29, 0.717) is 16.9 Å². The molecule has 0 saturated carbocycles. The van der Waals surface area contributed by atoms with Crippen LogP contribution in [-0.4, -0.2) is 53.8 Å². The van der Waals surface area contributed by atoms with Gasteiger partial charge in [-0.3, -0.25) is 19.5 Å². The van der Waals surface area contributed by atoms with Crippen LogP contribution >= 0.6 is 0 Å². The van der Waals surface area contributed by atoms with E-state index in [1.54, 1.807) is 44.4 Å². The average molecular weight is 468 g/mol. The largest absolute Gasteiger partial charge is 0.496 e. The van der Waals surface area contributed by atoms with Crippen LogP contribution in [0, 0.1) is 0 Å². The van der Waals surface area contributed by atoms with Crippen LogP contribution in [0.5, 0.6) is 11.5 Å². The lowest BCUT2D eigenvalue weighted by molar-refractivity contribution is -0.156. The highest BCUT2D eigenvalue weighted by molar-refractivity contribution is 5.95. The Kier molecular flexibility index (Phi) is 7.31. The SMILES string of the molecule is COc1cc(-c2cn(C)c(=O)c3cnccc23)cc(OC)c1C(C)N(C)CC(=O)OC(C)(C)C. The zero-order valence-electron chi connectivity index (χ0n) is 21.1. The molecule has 0 radical (unpaired) electrons. The summed E-state index contributed by atoms with van der Waals surface area (Å²) in [5.41, 5.74) is 1.85. The van der Waals surface area contributed by atoms with Gasteiger partial charge in [0.15, 0.2) is 0 Å². The summed E-state index contributed by atoms with van der Waals surface area (Å²) in [5, 5.41) is 1.33. The van der Waals surface area contributed by atoms with Gasteiger partial charge < -0.3 is 18.8 Å². The summed E-state index contributed by atoms with van der Waals surface area (Å²) in [6.45, 7) is 7.64. The Hall–Kier alpha value is -3.39. The van der Waals surface area contributed by atoms with E-state index in [2.05, 4.69) is 4.98 Å². The van der Waals surface area contributed by atoms with E-state index in [0.717, 1.165) is 22.1 Å². The van der Waals surface area contributed by atoms with Crippen LogP contribution in [0.3, 0.4) is 0 Å². The van der Waals surface area contributed by atoms with Gasteiger partial charge in [0.2, 0.25) is 0 Å². The fourth-order valence-corrected chi connectivity index (χ4v) is 3.98. The Labute approximate surface area is 200 Å². The minimum atomic E-state index is -0.549. The molecule has 0 N–H and O–H groups in total. The molecule has 2 aromatic heterocycles. The number of methoxy groups -OCH3 is 2. The highest BCUT2D eigenvalue weighted by Crippen LogP contribution is 2.41. The summed E-state index contributed by atoms with van der Waals surface area (Å²) < 4.78 is 18.6. The topological polar surface area (TPSA) is 82.9 Å². The predicted molar refractivity (Wildman–Crippen MR) is 132 cm³/mol. The first-order valence-electron chi connectivity index (χ1n) is 11.1. The van der Waals surface area contributed by atoms with E-state index in [-0.39, 0.29) is 24.1 Å². The van der Waals surface area contributed by atoms with Crippen LogP contribution in [0.4, 0.5) is 0 Å². The molecule has 3 aromatic rings. The maximum absolute atomic E-state index is 12.6. The highest BCUT2D eigenvalue weighted by atomic mass is 16.6. The molecule has 0 amide bonds. The van der Waals surface area contributed by atoms with Crippen molar-refractivity contribution in [1.82, 2.24) is 14.5 Å². The summed E-state index contributed by atoms with van der Waals surface area (Å²) in [4.78, 5) is 31.0. The van der Waals surface area contributed by atoms with E-state index in [9.17, 15) is 9.59 Å². The van der Waals surface area contributed by atoms with Crippen LogP contribution < -0.4 is 15.0 Å². The van der Waals surface area contributed by atoms with Crippen molar-refractivity contribution in [3.05, 3.63) is 52.7 Å². The van der Waals surface area contributed by atoms with Crippen molar-refractivity contribution in [3.63, 3.8) is 0 Å². The normalized spacial score (nSPS) is 12.6. The molecule has 3 rings (SSSR count). The maximum Gasteiger partial charge on any atom is 0.320 e. The van der Waals surface area contributed by atoms with Crippen molar-refractivity contribution < 1.29 is 19.0 Å². The van der Waals surface area contributed by atoms with Gasteiger partial charge in [-0.1, -0.05) is 0 Å². The van der Waals surface area contributed by atoms with Gasteiger partial charge in [0.25, 0.3) is 5.56 Å². The van der Waals surface area contributed by atoms with Crippen LogP contribution in [0.1, 0.15) is 39.3 Å². The van der Waals surface area contributed by atoms with Crippen molar-refractivity contribution in [3.8, 4) is 22.6 Å². The lowest BCUT2D eigenvalue weighted by Gasteiger charge is -2.29. The molecule has 1 atom stereocenters. The van der Waals surface area contributed by atoms with Gasteiger partial charge in [0.1, 0.15) is 17.1 Å². The molecule has 0 aliphatic carbocycles. The molecule has 8 nitrogen and oxygen atoms in total. The molecule has 0 bridgehead atoms. The second kappa shape index (κ2) is 9.85. The molecular weight excluding hydrogens is 434 g/mol. The molecule has 0 fully saturated rings. The quantitative estimate of drug-likeness (QED) is 0.487. The first-order valence-corrected chi connectivity index (χ1v) is 11.1. The number of nitrogens with zero attached hydrogens (tertiary/aromatic N) is 3. The fourth-order valence-electron chi connectivity index (χ4n) is 3.98. The van der Waals surface area contributed by atoms with Gasteiger partial charge in [0, 0.05) is 37.2 Å². The number of carbonyl (C=O) groups excluding carboxylic acids is 1. The molecule has 2 heterocycles. The number of benzene rings is 1. The van der Waals surface area contributed by atoms with Crippen molar-refractivity contribution in [1.29, 1.82) is 0 Å². The van der Waals surface area contributed by atoms with Crippen molar-refractivity contribution in [2.75, 3.05) is 27.8 Å². The molecular formula is C26H33N3O5. The monoisotopic (exact) mass is 467 g/mol. The summed E-state index contributed by atoms with van der Waals surface area (Å²) in [6.07, 6.45) is 5.05. The molecule has 0 aliphatic heterocycles. The Morgan fingerprint density at radius 1 is 1.15 bits per heavy atom. The van der Waals surface area contributed by atoms with Crippen molar-refractivity contribution in [2.24, 2.45) is 7.05 Å². The standard InChI is InChI=1S/C26H33N3O5/c1-16(28(5)15-23(30)34-26(2,3)4)24-21(32-7)11-17(12-22(24)33-8)20-14-29(6)25(31)19-13-27-10-9-18(19)20/h9-14,16H,15H2,1-8H3. The number of pyridine rings is 2. The lowest BCUT2D eigenvalue weighted by atomic mass is 9.96. The Bertz CT molecular complexity index is 1230. The van der Waals surface area contributed by atoms with Crippen LogP contribution in [0.25, 0.3) is 21.9 Å². The number of likely N-dealkylation sites (N-methyl/N-ethyl adjacent to an activating group) is 1. The fraction of sp³-hybridized carbons (Fsp3) is 0.423. The molecule has 1 unspecified atom stereocenters. The molecule has 0 aliphatic rings. The average Bonchev–Trinajstić information content (AvgIpc) is 2.78. The highest BCUT2D eigenvalue weighted by Gasteiger charge is 2.26. The second-order valence-electron chi connectivity index (χ2n) is 9.35. The summed E-state index contributed by atoms with van der Waals surface area (Å²) in [5.74, 6) is 0.935.